The van der Waals surface area contributed by atoms with Gasteiger partial charge in [0.15, 0.2) is 0 Å². The largest absolute Gasteiger partial charge is 0.290 e. The van der Waals surface area contributed by atoms with Gasteiger partial charge in [-0.3, -0.25) is 14.9 Å². The molecule has 0 spiro atoms. The molecule has 6 rings (SSSR count). The van der Waals surface area contributed by atoms with Crippen molar-refractivity contribution in [3.8, 4) is 0 Å². The van der Waals surface area contributed by atoms with Crippen molar-refractivity contribution in [3.63, 3.8) is 0 Å². The Balaban J connectivity index is 1.73. The Morgan fingerprint density at radius 3 is 1.87 bits per heavy atom. The second kappa shape index (κ2) is 6.76. The number of hydrogen-bond donors (Lipinski definition) is 0. The van der Waals surface area contributed by atoms with Crippen LogP contribution in [0.25, 0.3) is 32.3 Å². The maximum absolute atomic E-state index is 4.33. The van der Waals surface area contributed by atoms with Gasteiger partial charge in [0.1, 0.15) is 10.0 Å². The van der Waals surface area contributed by atoms with Gasteiger partial charge >= 0.3 is 0 Å². The number of hydrogen-bond acceptors (Lipinski definition) is 5. The van der Waals surface area contributed by atoms with Gasteiger partial charge in [0.05, 0.1) is 29.1 Å². The van der Waals surface area contributed by atoms with Gasteiger partial charge < -0.3 is 0 Å². The van der Waals surface area contributed by atoms with Crippen molar-refractivity contribution >= 4 is 70.7 Å². The third kappa shape index (κ3) is 2.56. The van der Waals surface area contributed by atoms with Gasteiger partial charge in [-0.1, -0.05) is 56.3 Å². The van der Waals surface area contributed by atoms with E-state index >= 15 is 0 Å². The van der Waals surface area contributed by atoms with E-state index < -0.39 is 0 Å². The Kier molecular flexibility index (Phi) is 4.01. The second-order valence-corrected chi connectivity index (χ2v) is 9.56. The summed E-state index contributed by atoms with van der Waals surface area (Å²) in [4.78, 5) is 10.9. The van der Waals surface area contributed by atoms with Crippen LogP contribution in [-0.4, -0.2) is 9.97 Å². The average molecular weight is 426 g/mol. The van der Waals surface area contributed by atoms with Crippen LogP contribution >= 0.6 is 22.7 Å². The number of benzene rings is 4. The van der Waals surface area contributed by atoms with Crippen LogP contribution in [0.2, 0.25) is 0 Å². The molecule has 4 aromatic carbocycles. The van der Waals surface area contributed by atoms with E-state index in [1.54, 1.807) is 22.7 Å². The molecule has 0 aliphatic carbocycles. The summed E-state index contributed by atoms with van der Waals surface area (Å²) in [5.74, 6) is 0.486. The molecule has 0 saturated carbocycles. The van der Waals surface area contributed by atoms with Crippen molar-refractivity contribution < 1.29 is 0 Å². The van der Waals surface area contributed by atoms with Crippen LogP contribution in [0, 0.1) is 0 Å². The van der Waals surface area contributed by atoms with Crippen molar-refractivity contribution in [1.82, 2.24) is 9.97 Å². The molecule has 0 bridgehead atoms. The van der Waals surface area contributed by atoms with Crippen molar-refractivity contribution in [2.45, 2.75) is 19.8 Å². The summed E-state index contributed by atoms with van der Waals surface area (Å²) in [6, 6.07) is 18.1. The van der Waals surface area contributed by atoms with E-state index in [9.17, 15) is 0 Å². The lowest BCUT2D eigenvalue weighted by molar-refractivity contribution is 0.877. The van der Waals surface area contributed by atoms with Gasteiger partial charge in [-0.05, 0) is 44.5 Å². The molecule has 0 saturated heterocycles. The standard InChI is InChI=1S/C25H19N3S2/c1-15(2)18-7-3-16-5-9-20-21(10-6-17-4-8-19(18)24(16)25(17)20)28(22-11-26-13-29-22)23-12-27-14-30-23/h3-15H,1-2H3. The predicted octanol–water partition coefficient (Wildman–Crippen LogP) is 8.09. The zero-order chi connectivity index (χ0) is 20.2. The Labute approximate surface area is 182 Å². The van der Waals surface area contributed by atoms with Crippen LogP contribution in [0.5, 0.6) is 0 Å². The molecule has 0 unspecified atom stereocenters. The van der Waals surface area contributed by atoms with E-state index in [0.717, 1.165) is 10.0 Å². The fourth-order valence-electron chi connectivity index (χ4n) is 4.49. The van der Waals surface area contributed by atoms with Crippen LogP contribution in [0.4, 0.5) is 15.7 Å². The van der Waals surface area contributed by atoms with Crippen molar-refractivity contribution in [2.24, 2.45) is 0 Å². The SMILES string of the molecule is CC(C)c1ccc2ccc3c(N(c4cncs4)c4cncs4)ccc4ccc1c2c43. The molecule has 30 heavy (non-hydrogen) atoms. The predicted molar refractivity (Wildman–Crippen MR) is 130 cm³/mol. The van der Waals surface area contributed by atoms with Crippen LogP contribution in [0.3, 0.4) is 0 Å². The number of anilines is 3. The first kappa shape index (κ1) is 17.8. The summed E-state index contributed by atoms with van der Waals surface area (Å²) in [6.07, 6.45) is 3.86. The van der Waals surface area contributed by atoms with E-state index in [2.05, 4.69) is 77.2 Å². The van der Waals surface area contributed by atoms with Crippen LogP contribution in [0.1, 0.15) is 25.3 Å². The fraction of sp³-hybridized carbons (Fsp3) is 0.120. The first-order valence-corrected chi connectivity index (χ1v) is 11.8. The Morgan fingerprint density at radius 1 is 0.700 bits per heavy atom. The van der Waals surface area contributed by atoms with Gasteiger partial charge in [-0.2, -0.15) is 0 Å². The van der Waals surface area contributed by atoms with Crippen molar-refractivity contribution in [2.75, 3.05) is 4.90 Å². The summed E-state index contributed by atoms with van der Waals surface area (Å²) in [5.41, 5.74) is 6.34. The van der Waals surface area contributed by atoms with Gasteiger partial charge in [0.2, 0.25) is 0 Å². The molecule has 0 fully saturated rings. The number of rotatable bonds is 4. The molecule has 146 valence electrons. The molecule has 2 aromatic heterocycles. The minimum absolute atomic E-state index is 0.486. The molecular formula is C25H19N3S2. The topological polar surface area (TPSA) is 29.0 Å². The number of nitrogens with zero attached hydrogens (tertiary/aromatic N) is 3. The maximum atomic E-state index is 4.33. The van der Waals surface area contributed by atoms with E-state index in [1.807, 2.05) is 23.4 Å². The van der Waals surface area contributed by atoms with Crippen LogP contribution < -0.4 is 4.90 Å². The molecule has 5 heteroatoms. The Bertz CT molecular complexity index is 1430. The van der Waals surface area contributed by atoms with Gasteiger partial charge in [0, 0.05) is 5.39 Å². The molecular weight excluding hydrogens is 406 g/mol. The normalized spacial score (nSPS) is 12.0. The lowest BCUT2D eigenvalue weighted by Crippen LogP contribution is -2.07. The van der Waals surface area contributed by atoms with Crippen molar-refractivity contribution in [1.29, 1.82) is 0 Å². The molecule has 0 atom stereocenters. The third-order valence-corrected chi connectivity index (χ3v) is 7.33. The zero-order valence-corrected chi connectivity index (χ0v) is 18.3. The van der Waals surface area contributed by atoms with Crippen molar-refractivity contribution in [3.05, 3.63) is 77.5 Å². The quantitative estimate of drug-likeness (QED) is 0.267. The zero-order valence-electron chi connectivity index (χ0n) is 16.7. The molecule has 3 nitrogen and oxygen atoms in total. The molecule has 0 amide bonds. The molecule has 6 aromatic rings. The molecule has 2 heterocycles. The molecule has 0 N–H and O–H groups in total. The minimum Gasteiger partial charge on any atom is -0.290 e. The van der Waals surface area contributed by atoms with E-state index in [-0.39, 0.29) is 0 Å². The summed E-state index contributed by atoms with van der Waals surface area (Å²) in [6.45, 7) is 4.54. The van der Waals surface area contributed by atoms with E-state index in [4.69, 9.17) is 0 Å². The summed E-state index contributed by atoms with van der Waals surface area (Å²) < 4.78 is 0. The molecule has 0 radical (unpaired) electrons. The highest BCUT2D eigenvalue weighted by atomic mass is 32.1. The van der Waals surface area contributed by atoms with Gasteiger partial charge in [0.25, 0.3) is 0 Å². The van der Waals surface area contributed by atoms with Crippen LogP contribution in [0.15, 0.2) is 71.9 Å². The average Bonchev–Trinajstić information content (AvgIpc) is 3.48. The van der Waals surface area contributed by atoms with E-state index in [0.29, 0.717) is 5.92 Å². The lowest BCUT2D eigenvalue weighted by atomic mass is 9.88. The first-order chi connectivity index (χ1) is 14.7. The molecule has 0 aliphatic rings. The minimum atomic E-state index is 0.486. The fourth-order valence-corrected chi connectivity index (χ4v) is 5.86. The monoisotopic (exact) mass is 425 g/mol. The number of aromatic nitrogens is 2. The summed E-state index contributed by atoms with van der Waals surface area (Å²) >= 11 is 3.29. The highest BCUT2D eigenvalue weighted by Crippen LogP contribution is 2.46. The van der Waals surface area contributed by atoms with Gasteiger partial charge in [-0.25, -0.2) is 0 Å². The number of thiazole rings is 2. The highest BCUT2D eigenvalue weighted by Gasteiger charge is 2.20. The Morgan fingerprint density at radius 2 is 1.27 bits per heavy atom. The highest BCUT2D eigenvalue weighted by molar-refractivity contribution is 7.16. The lowest BCUT2D eigenvalue weighted by Gasteiger charge is -2.24. The molecule has 0 aliphatic heterocycles. The summed E-state index contributed by atoms with van der Waals surface area (Å²) in [5, 5.41) is 10.1. The van der Waals surface area contributed by atoms with Crippen LogP contribution in [-0.2, 0) is 0 Å². The maximum Gasteiger partial charge on any atom is 0.121 e. The smallest absolute Gasteiger partial charge is 0.121 e. The Hall–Kier alpha value is -3.02. The second-order valence-electron chi connectivity index (χ2n) is 7.83. The first-order valence-electron chi connectivity index (χ1n) is 10.00. The summed E-state index contributed by atoms with van der Waals surface area (Å²) in [7, 11) is 0. The van der Waals surface area contributed by atoms with Gasteiger partial charge in [-0.15, -0.1) is 22.7 Å². The third-order valence-electron chi connectivity index (χ3n) is 5.82. The van der Waals surface area contributed by atoms with E-state index in [1.165, 1.54) is 43.6 Å².